The summed E-state index contributed by atoms with van der Waals surface area (Å²) in [6, 6.07) is -1.27. The first-order valence-corrected chi connectivity index (χ1v) is 2.25. The highest BCUT2D eigenvalue weighted by Gasteiger charge is 2.32. The number of aliphatic hydroxyl groups excluding tert-OH is 1. The molecule has 0 aromatic rings. The molecule has 0 fully saturated rings. The number of nitrogens with two attached hydrogens (primary N) is 1. The largest absolute Gasteiger partial charge is 0.390 e. The van der Waals surface area contributed by atoms with Gasteiger partial charge in [-0.05, 0) is 6.92 Å². The SMILES string of the molecule is C[C@H](N)C(F)(F)CO. The predicted octanol–water partition coefficient (Wildman–Crippen LogP) is -0.0388. The van der Waals surface area contributed by atoms with Crippen LogP contribution in [-0.4, -0.2) is 23.7 Å². The summed E-state index contributed by atoms with van der Waals surface area (Å²) in [7, 11) is 0. The van der Waals surface area contributed by atoms with Crippen molar-refractivity contribution < 1.29 is 13.9 Å². The molecule has 0 aliphatic rings. The van der Waals surface area contributed by atoms with Crippen LogP contribution in [0.5, 0.6) is 0 Å². The van der Waals surface area contributed by atoms with Crippen molar-refractivity contribution in [2.45, 2.75) is 18.9 Å². The molecule has 0 unspecified atom stereocenters. The lowest BCUT2D eigenvalue weighted by Gasteiger charge is -2.16. The van der Waals surface area contributed by atoms with E-state index in [0.717, 1.165) is 6.92 Å². The first-order valence-electron chi connectivity index (χ1n) is 2.25. The van der Waals surface area contributed by atoms with Crippen LogP contribution in [0.15, 0.2) is 0 Å². The van der Waals surface area contributed by atoms with E-state index in [1.54, 1.807) is 0 Å². The fraction of sp³-hybridized carbons (Fsp3) is 1.00. The van der Waals surface area contributed by atoms with E-state index in [1.807, 2.05) is 0 Å². The van der Waals surface area contributed by atoms with Crippen molar-refractivity contribution in [2.24, 2.45) is 5.73 Å². The van der Waals surface area contributed by atoms with Gasteiger partial charge in [-0.15, -0.1) is 0 Å². The second-order valence-electron chi connectivity index (χ2n) is 1.71. The maximum Gasteiger partial charge on any atom is 0.285 e. The Morgan fingerprint density at radius 1 is 1.75 bits per heavy atom. The normalized spacial score (nSPS) is 16.1. The summed E-state index contributed by atoms with van der Waals surface area (Å²) in [5, 5.41) is 7.93. The van der Waals surface area contributed by atoms with Crippen LogP contribution in [-0.2, 0) is 0 Å². The van der Waals surface area contributed by atoms with Crippen molar-refractivity contribution >= 4 is 0 Å². The van der Waals surface area contributed by atoms with E-state index >= 15 is 0 Å². The quantitative estimate of drug-likeness (QED) is 0.544. The second-order valence-corrected chi connectivity index (χ2v) is 1.71. The minimum absolute atomic E-state index is 1.15. The van der Waals surface area contributed by atoms with Crippen LogP contribution in [0.3, 0.4) is 0 Å². The number of hydrogen-bond acceptors (Lipinski definition) is 2. The van der Waals surface area contributed by atoms with Crippen LogP contribution in [0.2, 0.25) is 0 Å². The molecular formula is C4H9F2NO. The maximum absolute atomic E-state index is 11.9. The Morgan fingerprint density at radius 3 is 2.12 bits per heavy atom. The third-order valence-corrected chi connectivity index (χ3v) is 0.877. The van der Waals surface area contributed by atoms with Gasteiger partial charge in [0.05, 0.1) is 6.04 Å². The van der Waals surface area contributed by atoms with E-state index in [2.05, 4.69) is 0 Å². The highest BCUT2D eigenvalue weighted by molar-refractivity contribution is 4.74. The molecule has 4 heteroatoms. The molecule has 0 aliphatic carbocycles. The molecule has 0 spiro atoms. The number of hydrogen-bond donors (Lipinski definition) is 2. The Morgan fingerprint density at radius 2 is 2.12 bits per heavy atom. The Hall–Kier alpha value is -0.220. The monoisotopic (exact) mass is 125 g/mol. The first-order chi connectivity index (χ1) is 3.50. The number of halogens is 2. The van der Waals surface area contributed by atoms with Gasteiger partial charge in [0, 0.05) is 0 Å². The zero-order chi connectivity index (χ0) is 6.78. The van der Waals surface area contributed by atoms with Crippen LogP contribution in [0, 0.1) is 0 Å². The van der Waals surface area contributed by atoms with Gasteiger partial charge in [0.25, 0.3) is 5.92 Å². The van der Waals surface area contributed by atoms with Crippen molar-refractivity contribution in [3.8, 4) is 0 Å². The zero-order valence-corrected chi connectivity index (χ0v) is 4.56. The summed E-state index contributed by atoms with van der Waals surface area (Å²) in [6.07, 6.45) is 0. The average molecular weight is 125 g/mol. The highest BCUT2D eigenvalue weighted by Crippen LogP contribution is 2.14. The third-order valence-electron chi connectivity index (χ3n) is 0.877. The molecule has 3 N–H and O–H groups in total. The van der Waals surface area contributed by atoms with Crippen molar-refractivity contribution in [1.29, 1.82) is 0 Å². The summed E-state index contributed by atoms with van der Waals surface area (Å²) < 4.78 is 23.8. The number of aliphatic hydroxyl groups is 1. The summed E-state index contributed by atoms with van der Waals surface area (Å²) in [6.45, 7) is -0.0269. The van der Waals surface area contributed by atoms with E-state index in [0.29, 0.717) is 0 Å². The van der Waals surface area contributed by atoms with Gasteiger partial charge in [-0.2, -0.15) is 0 Å². The number of rotatable bonds is 2. The molecule has 0 saturated heterocycles. The van der Waals surface area contributed by atoms with Crippen molar-refractivity contribution in [3.05, 3.63) is 0 Å². The molecular weight excluding hydrogens is 116 g/mol. The molecule has 0 saturated carbocycles. The summed E-state index contributed by atoms with van der Waals surface area (Å²) >= 11 is 0. The van der Waals surface area contributed by atoms with Crippen molar-refractivity contribution in [2.75, 3.05) is 6.61 Å². The Bertz CT molecular complexity index is 74.4. The van der Waals surface area contributed by atoms with Crippen molar-refractivity contribution in [3.63, 3.8) is 0 Å². The lowest BCUT2D eigenvalue weighted by Crippen LogP contribution is -2.41. The van der Waals surface area contributed by atoms with E-state index in [4.69, 9.17) is 10.8 Å². The minimum Gasteiger partial charge on any atom is -0.390 e. The van der Waals surface area contributed by atoms with Gasteiger partial charge in [-0.3, -0.25) is 0 Å². The van der Waals surface area contributed by atoms with Gasteiger partial charge >= 0.3 is 0 Å². The van der Waals surface area contributed by atoms with Crippen molar-refractivity contribution in [1.82, 2.24) is 0 Å². The van der Waals surface area contributed by atoms with E-state index < -0.39 is 18.6 Å². The maximum atomic E-state index is 11.9. The molecule has 1 atom stereocenters. The minimum atomic E-state index is -3.12. The lowest BCUT2D eigenvalue weighted by molar-refractivity contribution is -0.0655. The molecule has 0 rings (SSSR count). The first kappa shape index (κ1) is 7.78. The smallest absolute Gasteiger partial charge is 0.285 e. The molecule has 0 aromatic carbocycles. The third kappa shape index (κ3) is 1.71. The van der Waals surface area contributed by atoms with Gasteiger partial charge in [0.15, 0.2) is 0 Å². The summed E-state index contributed by atoms with van der Waals surface area (Å²) in [5.41, 5.74) is 4.77. The fourth-order valence-corrected chi connectivity index (χ4v) is 0.144. The van der Waals surface area contributed by atoms with Gasteiger partial charge in [0.2, 0.25) is 0 Å². The Labute approximate surface area is 46.3 Å². The van der Waals surface area contributed by atoms with Gasteiger partial charge in [-0.1, -0.05) is 0 Å². The van der Waals surface area contributed by atoms with Gasteiger partial charge in [-0.25, -0.2) is 8.78 Å². The Kier molecular flexibility index (Phi) is 2.30. The number of alkyl halides is 2. The van der Waals surface area contributed by atoms with Crippen LogP contribution in [0.25, 0.3) is 0 Å². The van der Waals surface area contributed by atoms with E-state index in [1.165, 1.54) is 0 Å². The van der Waals surface area contributed by atoms with Gasteiger partial charge in [0.1, 0.15) is 6.61 Å². The molecule has 0 aliphatic heterocycles. The standard InChI is InChI=1S/C4H9F2NO/c1-3(7)4(5,6)2-8/h3,8H,2,7H2,1H3/t3-/m0/s1. The molecule has 0 amide bonds. The molecule has 0 bridgehead atoms. The van der Waals surface area contributed by atoms with Gasteiger partial charge < -0.3 is 10.8 Å². The van der Waals surface area contributed by atoms with Crippen LogP contribution < -0.4 is 5.73 Å². The van der Waals surface area contributed by atoms with E-state index in [-0.39, 0.29) is 0 Å². The molecule has 8 heavy (non-hydrogen) atoms. The van der Waals surface area contributed by atoms with Crippen LogP contribution >= 0.6 is 0 Å². The molecule has 50 valence electrons. The highest BCUT2D eigenvalue weighted by atomic mass is 19.3. The van der Waals surface area contributed by atoms with Crippen LogP contribution in [0.1, 0.15) is 6.92 Å². The molecule has 0 heterocycles. The topological polar surface area (TPSA) is 46.2 Å². The fourth-order valence-electron chi connectivity index (χ4n) is 0.144. The molecule has 2 nitrogen and oxygen atoms in total. The van der Waals surface area contributed by atoms with E-state index in [9.17, 15) is 8.78 Å². The second kappa shape index (κ2) is 2.37. The lowest BCUT2D eigenvalue weighted by atomic mass is 10.2. The summed E-state index contributed by atoms with van der Waals surface area (Å²) in [5.74, 6) is -3.12. The average Bonchev–Trinajstić information content (AvgIpc) is 1.67. The zero-order valence-electron chi connectivity index (χ0n) is 4.56. The predicted molar refractivity (Wildman–Crippen MR) is 25.7 cm³/mol. The summed E-state index contributed by atoms with van der Waals surface area (Å²) in [4.78, 5) is 0. The molecule has 0 aromatic heterocycles. The van der Waals surface area contributed by atoms with Crippen LogP contribution in [0.4, 0.5) is 8.78 Å². The molecule has 0 radical (unpaired) electrons. The Balaban J connectivity index is 3.71.